The fraction of sp³-hybridized carbons (Fsp3) is 0.0625. The lowest BCUT2D eigenvalue weighted by Gasteiger charge is -2.17. The standard InChI is InChI=1S/C16H12N4O2/c17-10-12(16-15(20(21)22)6-3-9-18-16)14-8-7-11-4-1-2-5-13(11)19-14/h1-9,12,20-21H/t12-/m1/s1. The van der Waals surface area contributed by atoms with Crippen LogP contribution in [0.2, 0.25) is 0 Å². The number of rotatable bonds is 3. The first-order valence-electron chi connectivity index (χ1n) is 6.64. The first kappa shape index (κ1) is 14.1. The number of nitriles is 1. The molecule has 0 fully saturated rings. The lowest BCUT2D eigenvalue weighted by molar-refractivity contribution is -0.991. The molecule has 2 atom stereocenters. The van der Waals surface area contributed by atoms with Crippen LogP contribution in [0.5, 0.6) is 0 Å². The highest BCUT2D eigenvalue weighted by molar-refractivity contribution is 5.78. The van der Waals surface area contributed by atoms with Crippen molar-refractivity contribution in [1.29, 1.82) is 5.26 Å². The quantitative estimate of drug-likeness (QED) is 0.716. The SMILES string of the molecule is N#C[C@H](c1ccc2ccccc2n1)c1ncccc1[NH+]([O-])O. The van der Waals surface area contributed by atoms with Gasteiger partial charge in [0.25, 0.3) is 0 Å². The van der Waals surface area contributed by atoms with Crippen LogP contribution in [0.25, 0.3) is 10.9 Å². The van der Waals surface area contributed by atoms with Gasteiger partial charge in [-0.3, -0.25) is 9.97 Å². The highest BCUT2D eigenvalue weighted by Crippen LogP contribution is 2.26. The summed E-state index contributed by atoms with van der Waals surface area (Å²) in [5.41, 5.74) is 1.47. The van der Waals surface area contributed by atoms with Crippen LogP contribution in [0.4, 0.5) is 5.69 Å². The predicted molar refractivity (Wildman–Crippen MR) is 79.2 cm³/mol. The molecule has 108 valence electrons. The van der Waals surface area contributed by atoms with Crippen molar-refractivity contribution in [1.82, 2.24) is 9.97 Å². The zero-order chi connectivity index (χ0) is 15.5. The zero-order valence-corrected chi connectivity index (χ0v) is 11.5. The van der Waals surface area contributed by atoms with E-state index in [1.165, 1.54) is 18.3 Å². The van der Waals surface area contributed by atoms with Crippen LogP contribution >= 0.6 is 0 Å². The number of pyridine rings is 2. The Kier molecular flexibility index (Phi) is 3.76. The molecule has 1 unspecified atom stereocenters. The van der Waals surface area contributed by atoms with Gasteiger partial charge in [-0.15, -0.1) is 0 Å². The topological polar surface area (TPSA) is 97.3 Å². The second-order valence-electron chi connectivity index (χ2n) is 4.73. The van der Waals surface area contributed by atoms with Crippen molar-refractivity contribution < 1.29 is 10.4 Å². The number of benzene rings is 1. The van der Waals surface area contributed by atoms with Crippen LogP contribution in [-0.4, -0.2) is 15.2 Å². The second kappa shape index (κ2) is 5.87. The van der Waals surface area contributed by atoms with Crippen LogP contribution in [0, 0.1) is 16.5 Å². The third kappa shape index (κ3) is 2.52. The molecule has 2 heterocycles. The van der Waals surface area contributed by atoms with Gasteiger partial charge in [-0.25, -0.2) is 5.21 Å². The minimum atomic E-state index is -1.11. The molecule has 2 N–H and O–H groups in total. The monoisotopic (exact) mass is 292 g/mol. The van der Waals surface area contributed by atoms with Gasteiger partial charge in [0.2, 0.25) is 0 Å². The Morgan fingerprint density at radius 2 is 1.95 bits per heavy atom. The summed E-state index contributed by atoms with van der Waals surface area (Å²) >= 11 is 0. The van der Waals surface area contributed by atoms with E-state index in [1.54, 1.807) is 6.07 Å². The van der Waals surface area contributed by atoms with E-state index in [2.05, 4.69) is 16.0 Å². The van der Waals surface area contributed by atoms with E-state index in [0.29, 0.717) is 5.69 Å². The number of fused-ring (bicyclic) bond motifs is 1. The van der Waals surface area contributed by atoms with Crippen LogP contribution in [0.15, 0.2) is 54.7 Å². The maximum atomic E-state index is 11.3. The van der Waals surface area contributed by atoms with E-state index in [9.17, 15) is 15.7 Å². The van der Waals surface area contributed by atoms with Gasteiger partial charge in [-0.1, -0.05) is 24.3 Å². The summed E-state index contributed by atoms with van der Waals surface area (Å²) in [6.45, 7) is 0. The Labute approximate surface area is 126 Å². The minimum Gasteiger partial charge on any atom is -0.595 e. The van der Waals surface area contributed by atoms with Gasteiger partial charge in [0.1, 0.15) is 11.6 Å². The number of nitrogens with zero attached hydrogens (tertiary/aromatic N) is 3. The molecule has 22 heavy (non-hydrogen) atoms. The van der Waals surface area contributed by atoms with E-state index in [1.807, 2.05) is 30.3 Å². The maximum absolute atomic E-state index is 11.3. The van der Waals surface area contributed by atoms with E-state index >= 15 is 0 Å². The van der Waals surface area contributed by atoms with E-state index < -0.39 is 11.1 Å². The third-order valence-corrected chi connectivity index (χ3v) is 3.39. The predicted octanol–water partition coefficient (Wildman–Crippen LogP) is 1.69. The summed E-state index contributed by atoms with van der Waals surface area (Å²) in [7, 11) is 0. The summed E-state index contributed by atoms with van der Waals surface area (Å²) in [5, 5.41) is 29.9. The Bertz CT molecular complexity index is 858. The van der Waals surface area contributed by atoms with Crippen molar-refractivity contribution in [2.45, 2.75) is 5.92 Å². The molecule has 3 aromatic rings. The lowest BCUT2D eigenvalue weighted by atomic mass is 9.99. The Morgan fingerprint density at radius 1 is 1.14 bits per heavy atom. The largest absolute Gasteiger partial charge is 0.595 e. The first-order chi connectivity index (χ1) is 10.7. The number of hydrogen-bond donors (Lipinski definition) is 2. The third-order valence-electron chi connectivity index (χ3n) is 3.39. The summed E-state index contributed by atoms with van der Waals surface area (Å²) < 4.78 is 0. The molecule has 0 aliphatic carbocycles. The number of aromatic nitrogens is 2. The molecule has 3 rings (SSSR count). The molecule has 0 spiro atoms. The Balaban J connectivity index is 2.13. The Hall–Kier alpha value is -2.85. The highest BCUT2D eigenvalue weighted by Gasteiger charge is 2.23. The summed E-state index contributed by atoms with van der Waals surface area (Å²) in [4.78, 5) is 8.55. The average molecular weight is 292 g/mol. The van der Waals surface area contributed by atoms with Gasteiger partial charge in [0.05, 0.1) is 17.3 Å². The zero-order valence-electron chi connectivity index (χ0n) is 11.5. The minimum absolute atomic E-state index is 0.0176. The van der Waals surface area contributed by atoms with Crippen molar-refractivity contribution >= 4 is 16.6 Å². The second-order valence-corrected chi connectivity index (χ2v) is 4.73. The smallest absolute Gasteiger partial charge is 0.187 e. The molecule has 2 aromatic heterocycles. The number of nitrogens with one attached hydrogen (secondary N) is 1. The van der Waals surface area contributed by atoms with Gasteiger partial charge in [-0.05, 0) is 18.2 Å². The van der Waals surface area contributed by atoms with Crippen LogP contribution in [-0.2, 0) is 0 Å². The first-order valence-corrected chi connectivity index (χ1v) is 6.64. The normalized spacial score (nSPS) is 13.5. The van der Waals surface area contributed by atoms with Crippen molar-refractivity contribution in [3.05, 3.63) is 71.3 Å². The summed E-state index contributed by atoms with van der Waals surface area (Å²) in [5.74, 6) is -0.822. The maximum Gasteiger partial charge on any atom is 0.187 e. The van der Waals surface area contributed by atoms with Gasteiger partial charge in [0.15, 0.2) is 5.69 Å². The lowest BCUT2D eigenvalue weighted by Crippen LogP contribution is -2.99. The van der Waals surface area contributed by atoms with Crippen molar-refractivity contribution in [3.8, 4) is 6.07 Å². The van der Waals surface area contributed by atoms with Gasteiger partial charge < -0.3 is 5.21 Å². The molecule has 6 heteroatoms. The van der Waals surface area contributed by atoms with Gasteiger partial charge >= 0.3 is 0 Å². The Morgan fingerprint density at radius 3 is 2.73 bits per heavy atom. The van der Waals surface area contributed by atoms with Gasteiger partial charge in [-0.2, -0.15) is 10.5 Å². The fourth-order valence-electron chi connectivity index (χ4n) is 2.34. The summed E-state index contributed by atoms with van der Waals surface area (Å²) in [6.07, 6.45) is 1.48. The molecule has 0 bridgehead atoms. The van der Waals surface area contributed by atoms with Crippen molar-refractivity contribution in [3.63, 3.8) is 0 Å². The van der Waals surface area contributed by atoms with Crippen molar-refractivity contribution in [2.24, 2.45) is 0 Å². The summed E-state index contributed by atoms with van der Waals surface area (Å²) in [6, 6.07) is 16.2. The van der Waals surface area contributed by atoms with Gasteiger partial charge in [0, 0.05) is 17.6 Å². The molecule has 0 aliphatic heterocycles. The molecular weight excluding hydrogens is 280 g/mol. The molecule has 0 saturated heterocycles. The molecule has 6 nitrogen and oxygen atoms in total. The number of quaternary nitrogens is 1. The molecule has 0 amide bonds. The van der Waals surface area contributed by atoms with Crippen LogP contribution in [0.3, 0.4) is 0 Å². The molecule has 0 aliphatic rings. The average Bonchev–Trinajstić information content (AvgIpc) is 2.56. The highest BCUT2D eigenvalue weighted by atomic mass is 16.8. The van der Waals surface area contributed by atoms with Crippen LogP contribution in [0.1, 0.15) is 17.3 Å². The van der Waals surface area contributed by atoms with E-state index in [0.717, 1.165) is 10.9 Å². The molecular formula is C16H12N4O2. The van der Waals surface area contributed by atoms with Crippen LogP contribution < -0.4 is 5.23 Å². The molecule has 1 aromatic carbocycles. The van der Waals surface area contributed by atoms with E-state index in [4.69, 9.17) is 0 Å². The molecule has 0 saturated carbocycles. The van der Waals surface area contributed by atoms with Crippen molar-refractivity contribution in [2.75, 3.05) is 0 Å². The number of hydrogen-bond acceptors (Lipinski definition) is 5. The fourth-order valence-corrected chi connectivity index (χ4v) is 2.34. The number of para-hydroxylation sites is 1. The van der Waals surface area contributed by atoms with E-state index in [-0.39, 0.29) is 11.4 Å². The molecule has 0 radical (unpaired) electrons.